The van der Waals surface area contributed by atoms with Crippen molar-refractivity contribution in [2.75, 3.05) is 33.8 Å². The zero-order valence-electron chi connectivity index (χ0n) is 14.9. The number of esters is 1. The van der Waals surface area contributed by atoms with E-state index in [4.69, 9.17) is 9.73 Å². The summed E-state index contributed by atoms with van der Waals surface area (Å²) in [6.45, 7) is 3.60. The number of nitrogens with zero attached hydrogens (tertiary/aromatic N) is 3. The number of carbonyl (C=O) groups is 1. The third kappa shape index (κ3) is 3.61. The van der Waals surface area contributed by atoms with E-state index in [1.807, 2.05) is 45.3 Å². The Kier molecular flexibility index (Phi) is 5.24. The van der Waals surface area contributed by atoms with Gasteiger partial charge in [-0.1, -0.05) is 36.4 Å². The monoisotopic (exact) mass is 337 g/mol. The third-order valence-electron chi connectivity index (χ3n) is 4.19. The van der Waals surface area contributed by atoms with Crippen molar-refractivity contribution in [1.82, 2.24) is 4.90 Å². The molecule has 130 valence electrons. The first-order chi connectivity index (χ1) is 12.1. The Bertz CT molecular complexity index is 840. The summed E-state index contributed by atoms with van der Waals surface area (Å²) in [7, 11) is 4.01. The molecular formula is C20H23N3O2. The molecule has 2 aromatic carbocycles. The minimum absolute atomic E-state index is 0.298. The molecule has 1 aliphatic heterocycles. The second-order valence-corrected chi connectivity index (χ2v) is 6.26. The molecule has 0 aromatic heterocycles. The number of rotatable bonds is 5. The van der Waals surface area contributed by atoms with E-state index in [0.717, 1.165) is 34.3 Å². The van der Waals surface area contributed by atoms with Gasteiger partial charge in [-0.2, -0.15) is 0 Å². The lowest BCUT2D eigenvalue weighted by molar-refractivity contribution is -0.143. The van der Waals surface area contributed by atoms with Gasteiger partial charge >= 0.3 is 5.97 Å². The van der Waals surface area contributed by atoms with Gasteiger partial charge in [0.05, 0.1) is 24.6 Å². The van der Waals surface area contributed by atoms with Crippen LogP contribution in [0.3, 0.4) is 0 Å². The van der Waals surface area contributed by atoms with Crippen LogP contribution in [-0.2, 0) is 9.53 Å². The molecule has 0 bridgehead atoms. The van der Waals surface area contributed by atoms with Crippen molar-refractivity contribution in [2.24, 2.45) is 15.9 Å². The SMILES string of the molecule is CCOC(=O)C1C=Nc2c(ccc3ccccc23)C1=NCCN(C)C. The largest absolute Gasteiger partial charge is 0.465 e. The molecule has 2 aromatic rings. The van der Waals surface area contributed by atoms with Gasteiger partial charge in [-0.15, -0.1) is 0 Å². The molecule has 25 heavy (non-hydrogen) atoms. The van der Waals surface area contributed by atoms with Gasteiger partial charge in [-0.3, -0.25) is 14.8 Å². The maximum atomic E-state index is 12.4. The summed E-state index contributed by atoms with van der Waals surface area (Å²) in [5, 5.41) is 2.19. The number of hydrogen-bond acceptors (Lipinski definition) is 5. The number of carbonyl (C=O) groups excluding carboxylic acids is 1. The summed E-state index contributed by atoms with van der Waals surface area (Å²) in [5.41, 5.74) is 2.54. The standard InChI is InChI=1S/C20H23N3O2/c1-4-25-20(24)17-13-22-18-15-8-6-5-7-14(15)9-10-16(18)19(17)21-11-12-23(2)3/h5-10,13,17H,4,11-12H2,1-3H3. The predicted octanol–water partition coefficient (Wildman–Crippen LogP) is 3.09. The van der Waals surface area contributed by atoms with Crippen LogP contribution in [0.5, 0.6) is 0 Å². The first kappa shape index (κ1) is 17.3. The summed E-state index contributed by atoms with van der Waals surface area (Å²) >= 11 is 0. The molecule has 5 nitrogen and oxygen atoms in total. The van der Waals surface area contributed by atoms with Gasteiger partial charge in [-0.05, 0) is 26.4 Å². The van der Waals surface area contributed by atoms with E-state index in [-0.39, 0.29) is 5.97 Å². The van der Waals surface area contributed by atoms with Crippen molar-refractivity contribution >= 4 is 34.4 Å². The molecule has 0 saturated heterocycles. The lowest BCUT2D eigenvalue weighted by atomic mass is 9.91. The summed E-state index contributed by atoms with van der Waals surface area (Å²) in [6, 6.07) is 12.2. The maximum absolute atomic E-state index is 12.4. The van der Waals surface area contributed by atoms with E-state index in [0.29, 0.717) is 13.2 Å². The number of fused-ring (bicyclic) bond motifs is 3. The van der Waals surface area contributed by atoms with E-state index >= 15 is 0 Å². The molecule has 5 heteroatoms. The first-order valence-corrected chi connectivity index (χ1v) is 8.54. The molecule has 0 spiro atoms. The fourth-order valence-corrected chi connectivity index (χ4v) is 2.95. The normalized spacial score (nSPS) is 17.9. The molecule has 1 unspecified atom stereocenters. The van der Waals surface area contributed by atoms with Crippen LogP contribution in [0.15, 0.2) is 46.4 Å². The van der Waals surface area contributed by atoms with Gasteiger partial charge in [0.15, 0.2) is 0 Å². The second kappa shape index (κ2) is 7.57. The molecule has 3 rings (SSSR count). The van der Waals surface area contributed by atoms with E-state index in [1.165, 1.54) is 0 Å². The molecule has 0 radical (unpaired) electrons. The molecule has 0 saturated carbocycles. The minimum Gasteiger partial charge on any atom is -0.465 e. The average Bonchev–Trinajstić information content (AvgIpc) is 2.61. The highest BCUT2D eigenvalue weighted by molar-refractivity contribution is 6.26. The highest BCUT2D eigenvalue weighted by atomic mass is 16.5. The van der Waals surface area contributed by atoms with Gasteiger partial charge < -0.3 is 9.64 Å². The van der Waals surface area contributed by atoms with Crippen LogP contribution in [0.25, 0.3) is 10.8 Å². The van der Waals surface area contributed by atoms with Gasteiger partial charge in [-0.25, -0.2) is 0 Å². The Morgan fingerprint density at radius 2 is 2.04 bits per heavy atom. The van der Waals surface area contributed by atoms with Gasteiger partial charge in [0, 0.05) is 23.7 Å². The van der Waals surface area contributed by atoms with Gasteiger partial charge in [0.1, 0.15) is 5.92 Å². The molecule has 0 amide bonds. The highest BCUT2D eigenvalue weighted by Crippen LogP contribution is 2.34. The van der Waals surface area contributed by atoms with Crippen molar-refractivity contribution < 1.29 is 9.53 Å². The molecule has 1 heterocycles. The van der Waals surface area contributed by atoms with Crippen molar-refractivity contribution in [3.8, 4) is 0 Å². The lowest BCUT2D eigenvalue weighted by Crippen LogP contribution is -2.31. The van der Waals surface area contributed by atoms with Crippen LogP contribution in [0.4, 0.5) is 5.69 Å². The van der Waals surface area contributed by atoms with Crippen molar-refractivity contribution in [1.29, 1.82) is 0 Å². The summed E-state index contributed by atoms with van der Waals surface area (Å²) in [4.78, 5) is 23.8. The average molecular weight is 337 g/mol. The summed E-state index contributed by atoms with van der Waals surface area (Å²) < 4.78 is 5.22. The van der Waals surface area contributed by atoms with Crippen LogP contribution >= 0.6 is 0 Å². The first-order valence-electron chi connectivity index (χ1n) is 8.54. The summed E-state index contributed by atoms with van der Waals surface area (Å²) in [6.07, 6.45) is 1.67. The van der Waals surface area contributed by atoms with Crippen molar-refractivity contribution in [3.63, 3.8) is 0 Å². The van der Waals surface area contributed by atoms with E-state index in [1.54, 1.807) is 6.21 Å². The van der Waals surface area contributed by atoms with Crippen molar-refractivity contribution in [2.45, 2.75) is 6.92 Å². The molecule has 1 atom stereocenters. The lowest BCUT2D eigenvalue weighted by Gasteiger charge is -2.21. The fourth-order valence-electron chi connectivity index (χ4n) is 2.95. The Morgan fingerprint density at radius 1 is 1.24 bits per heavy atom. The number of aliphatic imine (C=N–C) groups is 2. The van der Waals surface area contributed by atoms with E-state index in [2.05, 4.69) is 22.0 Å². The summed E-state index contributed by atoms with van der Waals surface area (Å²) in [5.74, 6) is -0.843. The van der Waals surface area contributed by atoms with Crippen molar-refractivity contribution in [3.05, 3.63) is 42.0 Å². The minimum atomic E-state index is -0.546. The second-order valence-electron chi connectivity index (χ2n) is 6.26. The van der Waals surface area contributed by atoms with Crippen LogP contribution in [-0.4, -0.2) is 56.6 Å². The van der Waals surface area contributed by atoms with E-state index < -0.39 is 5.92 Å². The number of hydrogen-bond donors (Lipinski definition) is 0. The zero-order valence-corrected chi connectivity index (χ0v) is 14.9. The van der Waals surface area contributed by atoms with Gasteiger partial charge in [0.25, 0.3) is 0 Å². The Morgan fingerprint density at radius 3 is 2.80 bits per heavy atom. The Hall–Kier alpha value is -2.53. The van der Waals surface area contributed by atoms with Crippen LogP contribution in [0, 0.1) is 5.92 Å². The molecule has 0 aliphatic carbocycles. The predicted molar refractivity (Wildman–Crippen MR) is 102 cm³/mol. The maximum Gasteiger partial charge on any atom is 0.320 e. The highest BCUT2D eigenvalue weighted by Gasteiger charge is 2.30. The number of benzene rings is 2. The topological polar surface area (TPSA) is 54.3 Å². The third-order valence-corrected chi connectivity index (χ3v) is 4.19. The Balaban J connectivity index is 2.07. The Labute approximate surface area is 148 Å². The quantitative estimate of drug-likeness (QED) is 0.788. The number of ether oxygens (including phenoxy) is 1. The molecule has 0 fully saturated rings. The smallest absolute Gasteiger partial charge is 0.320 e. The molecule has 0 N–H and O–H groups in total. The number of likely N-dealkylation sites (N-methyl/N-ethyl adjacent to an activating group) is 1. The fraction of sp³-hybridized carbons (Fsp3) is 0.350. The van der Waals surface area contributed by atoms with Crippen LogP contribution in [0.2, 0.25) is 0 Å². The van der Waals surface area contributed by atoms with Crippen LogP contribution in [0.1, 0.15) is 12.5 Å². The van der Waals surface area contributed by atoms with E-state index in [9.17, 15) is 4.79 Å². The van der Waals surface area contributed by atoms with Gasteiger partial charge in [0.2, 0.25) is 0 Å². The molecule has 1 aliphatic rings. The van der Waals surface area contributed by atoms with Crippen LogP contribution < -0.4 is 0 Å². The zero-order chi connectivity index (χ0) is 17.8. The molecular weight excluding hydrogens is 314 g/mol.